The van der Waals surface area contributed by atoms with E-state index in [0.717, 1.165) is 83.5 Å². The van der Waals surface area contributed by atoms with Gasteiger partial charge in [0.25, 0.3) is 0 Å². The molecule has 1 amide bonds. The highest BCUT2D eigenvalue weighted by Gasteiger charge is 2.24. The van der Waals surface area contributed by atoms with Crippen molar-refractivity contribution >= 4 is 11.9 Å². The summed E-state index contributed by atoms with van der Waals surface area (Å²) in [6, 6.07) is -0.705. The minimum absolute atomic E-state index is 0.0705. The number of aliphatic hydroxyl groups is 2. The normalized spacial score (nSPS) is 13.5. The fourth-order valence-electron chi connectivity index (χ4n) is 8.62. The Kier molecular flexibility index (Phi) is 51.0. The number of esters is 1. The number of hydrogen-bond acceptors (Lipinski definition) is 5. The second-order valence-corrected chi connectivity index (χ2v) is 19.3. The van der Waals surface area contributed by atoms with E-state index in [1.54, 1.807) is 0 Å². The van der Waals surface area contributed by atoms with Crippen LogP contribution in [0.1, 0.15) is 290 Å². The molecule has 0 saturated carbocycles. The van der Waals surface area contributed by atoms with E-state index >= 15 is 0 Å². The molecule has 0 bridgehead atoms. The molecule has 0 rings (SSSR count). The highest BCUT2D eigenvalue weighted by atomic mass is 16.5. The van der Waals surface area contributed by atoms with Crippen molar-refractivity contribution < 1.29 is 24.5 Å². The molecule has 0 heterocycles. The Bertz CT molecular complexity index is 1110. The van der Waals surface area contributed by atoms with Gasteiger partial charge in [0.15, 0.2) is 0 Å². The molecule has 3 N–H and O–H groups in total. The highest BCUT2D eigenvalue weighted by molar-refractivity contribution is 5.77. The van der Waals surface area contributed by atoms with Gasteiger partial charge in [-0.1, -0.05) is 243 Å². The number of amides is 1. The van der Waals surface area contributed by atoms with Crippen molar-refractivity contribution in [3.8, 4) is 0 Å². The smallest absolute Gasteiger partial charge is 0.306 e. The summed E-state index contributed by atoms with van der Waals surface area (Å²) in [5.41, 5.74) is 0. The van der Waals surface area contributed by atoms with Gasteiger partial charge in [-0.15, -0.1) is 0 Å². The molecule has 0 fully saturated rings. The van der Waals surface area contributed by atoms with E-state index in [2.05, 4.69) is 74.7 Å². The van der Waals surface area contributed by atoms with Gasteiger partial charge >= 0.3 is 5.97 Å². The number of unbranched alkanes of at least 4 members (excludes halogenated alkanes) is 31. The van der Waals surface area contributed by atoms with Gasteiger partial charge in [-0.2, -0.15) is 0 Å². The van der Waals surface area contributed by atoms with Gasteiger partial charge in [0.2, 0.25) is 5.91 Å². The van der Waals surface area contributed by atoms with Crippen molar-refractivity contribution in [1.82, 2.24) is 5.32 Å². The summed E-state index contributed by atoms with van der Waals surface area (Å²) in [5, 5.41) is 23.9. The Labute approximate surface area is 404 Å². The van der Waals surface area contributed by atoms with Crippen LogP contribution >= 0.6 is 0 Å². The van der Waals surface area contributed by atoms with Crippen LogP contribution in [0.5, 0.6) is 0 Å². The second-order valence-electron chi connectivity index (χ2n) is 19.3. The molecule has 0 aliphatic rings. The summed E-state index contributed by atoms with van der Waals surface area (Å²) in [6.45, 7) is 6.39. The van der Waals surface area contributed by atoms with Crippen molar-refractivity contribution in [3.63, 3.8) is 0 Å². The zero-order valence-electron chi connectivity index (χ0n) is 43.4. The van der Waals surface area contributed by atoms with Crippen molar-refractivity contribution in [1.29, 1.82) is 0 Å². The van der Waals surface area contributed by atoms with Crippen LogP contribution in [0.2, 0.25) is 0 Å². The molecule has 3 unspecified atom stereocenters. The molecule has 0 aliphatic heterocycles. The molecule has 0 saturated heterocycles. The first-order valence-electron chi connectivity index (χ1n) is 28.4. The number of carbonyl (C=O) groups excluding carboxylic acids is 2. The fraction of sp³-hybridized carbons (Fsp3) is 0.831. The number of rotatable bonds is 51. The molecule has 0 spiro atoms. The van der Waals surface area contributed by atoms with E-state index in [-0.39, 0.29) is 24.9 Å². The molecule has 380 valence electrons. The van der Waals surface area contributed by atoms with Crippen LogP contribution in [0.3, 0.4) is 0 Å². The Balaban J connectivity index is 4.59. The van der Waals surface area contributed by atoms with Gasteiger partial charge in [-0.25, -0.2) is 0 Å². The summed E-state index contributed by atoms with van der Waals surface area (Å²) in [4.78, 5) is 26.3. The average molecular weight is 913 g/mol. The van der Waals surface area contributed by atoms with Gasteiger partial charge in [0, 0.05) is 6.42 Å². The molecule has 3 atom stereocenters. The first-order chi connectivity index (χ1) is 32.0. The zero-order chi connectivity index (χ0) is 47.4. The van der Waals surface area contributed by atoms with Crippen molar-refractivity contribution in [2.24, 2.45) is 0 Å². The highest BCUT2D eigenvalue weighted by Crippen LogP contribution is 2.18. The van der Waals surface area contributed by atoms with Crippen LogP contribution in [0.25, 0.3) is 0 Å². The largest absolute Gasteiger partial charge is 0.462 e. The van der Waals surface area contributed by atoms with Gasteiger partial charge in [0.05, 0.1) is 25.2 Å². The van der Waals surface area contributed by atoms with Crippen LogP contribution in [0.4, 0.5) is 0 Å². The Morgan fingerprint density at radius 2 is 0.831 bits per heavy atom. The molecule has 0 radical (unpaired) electrons. The van der Waals surface area contributed by atoms with E-state index in [1.807, 2.05) is 0 Å². The van der Waals surface area contributed by atoms with Crippen LogP contribution < -0.4 is 5.32 Å². The Morgan fingerprint density at radius 3 is 1.28 bits per heavy atom. The topological polar surface area (TPSA) is 95.9 Å². The monoisotopic (exact) mass is 912 g/mol. The first kappa shape index (κ1) is 62.8. The molecular weight excluding hydrogens is 803 g/mol. The number of allylic oxidation sites excluding steroid dienone is 8. The maximum atomic E-state index is 13.3. The van der Waals surface area contributed by atoms with Crippen LogP contribution in [-0.4, -0.2) is 46.9 Å². The minimum atomic E-state index is -0.791. The predicted octanol–water partition coefficient (Wildman–Crippen LogP) is 17.4. The lowest BCUT2D eigenvalue weighted by molar-refractivity contribution is -0.151. The summed E-state index contributed by atoms with van der Waals surface area (Å²) in [5.74, 6) is -0.482. The maximum Gasteiger partial charge on any atom is 0.306 e. The van der Waals surface area contributed by atoms with Gasteiger partial charge in [0.1, 0.15) is 6.10 Å². The second kappa shape index (κ2) is 52.8. The fourth-order valence-corrected chi connectivity index (χ4v) is 8.62. The average Bonchev–Trinajstić information content (AvgIpc) is 3.30. The molecule has 0 aromatic rings. The molecule has 65 heavy (non-hydrogen) atoms. The van der Waals surface area contributed by atoms with E-state index in [9.17, 15) is 19.8 Å². The predicted molar refractivity (Wildman–Crippen MR) is 282 cm³/mol. The number of hydrogen-bond donors (Lipinski definition) is 3. The van der Waals surface area contributed by atoms with Crippen LogP contribution in [-0.2, 0) is 14.3 Å². The lowest BCUT2D eigenvalue weighted by atomic mass is 10.0. The van der Waals surface area contributed by atoms with Crippen molar-refractivity contribution in [2.45, 2.75) is 309 Å². The summed E-state index contributed by atoms with van der Waals surface area (Å²) in [7, 11) is 0. The van der Waals surface area contributed by atoms with Gasteiger partial charge in [-0.3, -0.25) is 9.59 Å². The third-order valence-corrected chi connectivity index (χ3v) is 12.9. The summed E-state index contributed by atoms with van der Waals surface area (Å²) < 4.78 is 5.96. The third kappa shape index (κ3) is 48.1. The van der Waals surface area contributed by atoms with Crippen molar-refractivity contribution in [2.75, 3.05) is 6.61 Å². The number of nitrogens with one attached hydrogen (secondary N) is 1. The number of carbonyl (C=O) groups is 2. The summed E-state index contributed by atoms with van der Waals surface area (Å²) >= 11 is 0. The minimum Gasteiger partial charge on any atom is -0.462 e. The molecule has 6 heteroatoms. The SMILES string of the molecule is CC/C=C/C/C=C/C/C=C/CCCCCCCCC(=O)OC(CCCCCCCCC/C=C/CCCCCCCC)CC(=O)NC(CO)C(O)CCCCCCCCCCCCCCC. The lowest BCUT2D eigenvalue weighted by Crippen LogP contribution is -2.46. The number of ether oxygens (including phenoxy) is 1. The molecular formula is C59H109NO5. The maximum absolute atomic E-state index is 13.3. The Morgan fingerprint density at radius 1 is 0.462 bits per heavy atom. The van der Waals surface area contributed by atoms with E-state index in [4.69, 9.17) is 4.74 Å². The third-order valence-electron chi connectivity index (χ3n) is 12.9. The van der Waals surface area contributed by atoms with Crippen LogP contribution in [0, 0.1) is 0 Å². The Hall–Kier alpha value is -2.18. The zero-order valence-corrected chi connectivity index (χ0v) is 43.4. The van der Waals surface area contributed by atoms with E-state index < -0.39 is 18.2 Å². The molecule has 0 aromatic heterocycles. The molecule has 0 aliphatic carbocycles. The van der Waals surface area contributed by atoms with Gasteiger partial charge < -0.3 is 20.3 Å². The first-order valence-corrected chi connectivity index (χ1v) is 28.4. The standard InChI is InChI=1S/C59H109NO5/c1-4-7-10-13-16-19-22-25-27-29-30-33-35-38-41-44-47-50-55(65-59(64)52-49-46-43-40-37-34-31-28-26-23-20-17-14-11-8-5-2)53-58(63)60-56(54-61)57(62)51-48-45-42-39-36-32-24-21-18-15-12-9-6-3/h8,11,17,20,25-28,55-57,61-62H,4-7,9-10,12-16,18-19,21-24,29-54H2,1-3H3,(H,60,63)/b11-8+,20-17+,27-25+,28-26+. The molecule has 6 nitrogen and oxygen atoms in total. The van der Waals surface area contributed by atoms with Crippen LogP contribution in [0.15, 0.2) is 48.6 Å². The van der Waals surface area contributed by atoms with Crippen molar-refractivity contribution in [3.05, 3.63) is 48.6 Å². The molecule has 0 aromatic carbocycles. The number of aliphatic hydroxyl groups excluding tert-OH is 2. The lowest BCUT2D eigenvalue weighted by Gasteiger charge is -2.24. The van der Waals surface area contributed by atoms with E-state index in [0.29, 0.717) is 19.3 Å². The summed E-state index contributed by atoms with van der Waals surface area (Å²) in [6.07, 6.45) is 64.6. The quantitative estimate of drug-likeness (QED) is 0.0321. The van der Waals surface area contributed by atoms with Gasteiger partial charge in [-0.05, 0) is 83.5 Å². The van der Waals surface area contributed by atoms with E-state index in [1.165, 1.54) is 161 Å².